The van der Waals surface area contributed by atoms with Crippen LogP contribution in [-0.4, -0.2) is 28.5 Å². The predicted molar refractivity (Wildman–Crippen MR) is 114 cm³/mol. The maximum Gasteiger partial charge on any atom is 0.318 e. The number of nitrogens with one attached hydrogen (secondary N) is 1. The Morgan fingerprint density at radius 3 is 2.62 bits per heavy atom. The zero-order chi connectivity index (χ0) is 19.6. The number of fused-ring (bicyclic) bond motifs is 1. The van der Waals surface area contributed by atoms with Crippen LogP contribution < -0.4 is 5.32 Å². The molecule has 2 aromatic carbocycles. The van der Waals surface area contributed by atoms with E-state index in [0.29, 0.717) is 11.9 Å². The molecule has 150 valence electrons. The zero-order valence-electron chi connectivity index (χ0n) is 16.6. The fourth-order valence-electron chi connectivity index (χ4n) is 4.67. The number of carbonyl (C=O) groups is 1. The monoisotopic (exact) mass is 389 g/mol. The Kier molecular flexibility index (Phi) is 4.96. The van der Waals surface area contributed by atoms with Gasteiger partial charge in [0.15, 0.2) is 5.58 Å². The van der Waals surface area contributed by atoms with Crippen LogP contribution in [0.1, 0.15) is 56.9 Å². The van der Waals surface area contributed by atoms with Crippen molar-refractivity contribution in [3.8, 4) is 11.1 Å². The first kappa shape index (κ1) is 18.2. The summed E-state index contributed by atoms with van der Waals surface area (Å²) in [6.07, 6.45) is 7.77. The van der Waals surface area contributed by atoms with E-state index >= 15 is 0 Å². The Morgan fingerprint density at radius 2 is 1.79 bits per heavy atom. The number of aromatic nitrogens is 1. The standard InChI is InChI=1S/C24H27N3O2/c28-24(25-19-10-5-2-6-11-19)27-15-7-12-21(27)23-26-20-16-18(13-14-22(20)29-23)17-8-3-1-4-9-17/h1,3-4,8-9,13-14,16,19,21H,2,5-7,10-12,15H2,(H,25,28). The van der Waals surface area contributed by atoms with Crippen LogP contribution in [0.15, 0.2) is 52.9 Å². The van der Waals surface area contributed by atoms with E-state index in [2.05, 4.69) is 29.6 Å². The van der Waals surface area contributed by atoms with Crippen LogP contribution in [0.5, 0.6) is 0 Å². The van der Waals surface area contributed by atoms with Crippen LogP contribution in [0.4, 0.5) is 4.79 Å². The molecule has 29 heavy (non-hydrogen) atoms. The van der Waals surface area contributed by atoms with Gasteiger partial charge in [0.25, 0.3) is 0 Å². The molecule has 1 saturated carbocycles. The molecule has 5 nitrogen and oxygen atoms in total. The highest BCUT2D eigenvalue weighted by Gasteiger charge is 2.34. The van der Waals surface area contributed by atoms with Gasteiger partial charge in [-0.05, 0) is 48.9 Å². The summed E-state index contributed by atoms with van der Waals surface area (Å²) in [5.41, 5.74) is 3.91. The summed E-state index contributed by atoms with van der Waals surface area (Å²) in [6, 6.07) is 16.7. The topological polar surface area (TPSA) is 58.4 Å². The normalized spacial score (nSPS) is 20.3. The number of hydrogen-bond donors (Lipinski definition) is 1. The van der Waals surface area contributed by atoms with Crippen LogP contribution >= 0.6 is 0 Å². The van der Waals surface area contributed by atoms with E-state index in [4.69, 9.17) is 9.40 Å². The van der Waals surface area contributed by atoms with Crippen molar-refractivity contribution in [2.45, 2.75) is 57.0 Å². The van der Waals surface area contributed by atoms with Crippen molar-refractivity contribution >= 4 is 17.1 Å². The first-order valence-corrected chi connectivity index (χ1v) is 10.8. The van der Waals surface area contributed by atoms with Gasteiger partial charge in [0.2, 0.25) is 5.89 Å². The van der Waals surface area contributed by atoms with Crippen LogP contribution in [0.2, 0.25) is 0 Å². The molecule has 2 heterocycles. The van der Waals surface area contributed by atoms with Crippen molar-refractivity contribution < 1.29 is 9.21 Å². The lowest BCUT2D eigenvalue weighted by Crippen LogP contribution is -2.45. The molecule has 5 rings (SSSR count). The minimum absolute atomic E-state index is 0.0339. The Labute approximate surface area is 171 Å². The predicted octanol–water partition coefficient (Wildman–Crippen LogP) is 5.67. The number of nitrogens with zero attached hydrogens (tertiary/aromatic N) is 2. The summed E-state index contributed by atoms with van der Waals surface area (Å²) in [7, 11) is 0. The molecular weight excluding hydrogens is 362 g/mol. The van der Waals surface area contributed by atoms with E-state index in [1.165, 1.54) is 19.3 Å². The fourth-order valence-corrected chi connectivity index (χ4v) is 4.67. The minimum atomic E-state index is -0.0776. The summed E-state index contributed by atoms with van der Waals surface area (Å²) < 4.78 is 6.08. The number of likely N-dealkylation sites (tertiary alicyclic amines) is 1. The minimum Gasteiger partial charge on any atom is -0.438 e. The van der Waals surface area contributed by atoms with Crippen molar-refractivity contribution in [1.29, 1.82) is 0 Å². The van der Waals surface area contributed by atoms with Crippen molar-refractivity contribution in [1.82, 2.24) is 15.2 Å². The summed E-state index contributed by atoms with van der Waals surface area (Å²) in [6.45, 7) is 0.761. The molecule has 2 aliphatic rings. The summed E-state index contributed by atoms with van der Waals surface area (Å²) in [5.74, 6) is 0.654. The molecule has 3 aromatic rings. The van der Waals surface area contributed by atoms with E-state index in [1.54, 1.807) is 0 Å². The molecule has 2 fully saturated rings. The summed E-state index contributed by atoms with van der Waals surface area (Å²) in [5, 5.41) is 3.24. The second-order valence-corrected chi connectivity index (χ2v) is 8.24. The molecule has 5 heteroatoms. The molecule has 0 bridgehead atoms. The van der Waals surface area contributed by atoms with E-state index in [0.717, 1.165) is 54.5 Å². The molecule has 1 aliphatic heterocycles. The average Bonchev–Trinajstić information content (AvgIpc) is 3.41. The molecule has 1 N–H and O–H groups in total. The molecule has 1 aliphatic carbocycles. The van der Waals surface area contributed by atoms with Gasteiger partial charge >= 0.3 is 6.03 Å². The van der Waals surface area contributed by atoms with Crippen LogP contribution in [-0.2, 0) is 0 Å². The van der Waals surface area contributed by atoms with Crippen molar-refractivity contribution in [2.24, 2.45) is 0 Å². The number of urea groups is 1. The highest BCUT2D eigenvalue weighted by molar-refractivity contribution is 5.80. The first-order valence-electron chi connectivity index (χ1n) is 10.8. The molecule has 0 spiro atoms. The zero-order valence-corrected chi connectivity index (χ0v) is 16.6. The second kappa shape index (κ2) is 7.90. The molecule has 1 aromatic heterocycles. The third kappa shape index (κ3) is 3.74. The molecule has 0 radical (unpaired) electrons. The largest absolute Gasteiger partial charge is 0.438 e. The van der Waals surface area contributed by atoms with Gasteiger partial charge in [-0.3, -0.25) is 0 Å². The van der Waals surface area contributed by atoms with Gasteiger partial charge in [-0.1, -0.05) is 55.7 Å². The van der Waals surface area contributed by atoms with Crippen molar-refractivity contribution in [2.75, 3.05) is 6.54 Å². The van der Waals surface area contributed by atoms with E-state index < -0.39 is 0 Å². The maximum absolute atomic E-state index is 12.9. The van der Waals surface area contributed by atoms with Gasteiger partial charge in [0.05, 0.1) is 0 Å². The Balaban J connectivity index is 1.37. The number of carbonyl (C=O) groups excluding carboxylic acids is 1. The maximum atomic E-state index is 12.9. The molecule has 2 amide bonds. The highest BCUT2D eigenvalue weighted by Crippen LogP contribution is 2.34. The molecule has 1 saturated heterocycles. The Bertz CT molecular complexity index is 992. The number of hydrogen-bond acceptors (Lipinski definition) is 3. The number of benzene rings is 2. The van der Waals surface area contributed by atoms with E-state index in [1.807, 2.05) is 29.2 Å². The summed E-state index contributed by atoms with van der Waals surface area (Å²) >= 11 is 0. The Morgan fingerprint density at radius 1 is 0.966 bits per heavy atom. The van der Waals surface area contributed by atoms with Crippen LogP contribution in [0.3, 0.4) is 0 Å². The highest BCUT2D eigenvalue weighted by atomic mass is 16.4. The molecule has 1 atom stereocenters. The van der Waals surface area contributed by atoms with Gasteiger partial charge in [-0.2, -0.15) is 0 Å². The Hall–Kier alpha value is -2.82. The third-order valence-corrected chi connectivity index (χ3v) is 6.24. The number of amides is 2. The van der Waals surface area contributed by atoms with Gasteiger partial charge < -0.3 is 14.6 Å². The van der Waals surface area contributed by atoms with Gasteiger partial charge in [0, 0.05) is 12.6 Å². The number of oxazole rings is 1. The van der Waals surface area contributed by atoms with E-state index in [9.17, 15) is 4.79 Å². The smallest absolute Gasteiger partial charge is 0.318 e. The lowest BCUT2D eigenvalue weighted by atomic mass is 9.96. The molecule has 1 unspecified atom stereocenters. The quantitative estimate of drug-likeness (QED) is 0.627. The lowest BCUT2D eigenvalue weighted by molar-refractivity contribution is 0.178. The van der Waals surface area contributed by atoms with Crippen molar-refractivity contribution in [3.05, 3.63) is 54.4 Å². The SMILES string of the molecule is O=C(NC1CCCCC1)N1CCCC1c1nc2cc(-c3ccccc3)ccc2o1. The van der Waals surface area contributed by atoms with Gasteiger partial charge in [-0.15, -0.1) is 0 Å². The summed E-state index contributed by atoms with van der Waals surface area (Å²) in [4.78, 5) is 19.6. The van der Waals surface area contributed by atoms with E-state index in [-0.39, 0.29) is 12.1 Å². The number of rotatable bonds is 3. The van der Waals surface area contributed by atoms with Gasteiger partial charge in [0.1, 0.15) is 11.6 Å². The van der Waals surface area contributed by atoms with Crippen molar-refractivity contribution in [3.63, 3.8) is 0 Å². The van der Waals surface area contributed by atoms with Crippen LogP contribution in [0.25, 0.3) is 22.2 Å². The average molecular weight is 389 g/mol. The fraction of sp³-hybridized carbons (Fsp3) is 0.417. The van der Waals surface area contributed by atoms with Gasteiger partial charge in [-0.25, -0.2) is 9.78 Å². The lowest BCUT2D eigenvalue weighted by Gasteiger charge is -2.28. The first-order chi connectivity index (χ1) is 14.3. The second-order valence-electron chi connectivity index (χ2n) is 8.24. The molecular formula is C24H27N3O2. The van der Waals surface area contributed by atoms with Crippen LogP contribution in [0, 0.1) is 0 Å². The third-order valence-electron chi connectivity index (χ3n) is 6.24.